The van der Waals surface area contributed by atoms with Crippen molar-refractivity contribution in [2.45, 2.75) is 26.8 Å². The maximum absolute atomic E-state index is 2.51. The van der Waals surface area contributed by atoms with Crippen LogP contribution in [0.25, 0.3) is 0 Å². The van der Waals surface area contributed by atoms with E-state index >= 15 is 0 Å². The van der Waals surface area contributed by atoms with Gasteiger partial charge in [-0.3, -0.25) is 0 Å². The molecule has 15 heavy (non-hydrogen) atoms. The summed E-state index contributed by atoms with van der Waals surface area (Å²) in [6.07, 6.45) is 1.18. The summed E-state index contributed by atoms with van der Waals surface area (Å²) in [5.41, 5.74) is 2.77. The monoisotopic (exact) mass is 220 g/mol. The number of rotatable bonds is 3. The lowest BCUT2D eigenvalue weighted by Gasteiger charge is -2.01. The molecule has 1 aliphatic heterocycles. The van der Waals surface area contributed by atoms with Crippen LogP contribution in [0.1, 0.15) is 24.5 Å². The highest BCUT2D eigenvalue weighted by Gasteiger charge is 2.21. The summed E-state index contributed by atoms with van der Waals surface area (Å²) in [4.78, 5) is 0. The van der Waals surface area contributed by atoms with Crippen LogP contribution in [0.5, 0.6) is 0 Å². The van der Waals surface area contributed by atoms with Crippen molar-refractivity contribution in [1.82, 2.24) is 0 Å². The Bertz CT molecular complexity index is 365. The van der Waals surface area contributed by atoms with Gasteiger partial charge in [0, 0.05) is 12.0 Å². The molecule has 0 fully saturated rings. The number of hydrogen-bond acceptors (Lipinski definition) is 1. The van der Waals surface area contributed by atoms with Crippen molar-refractivity contribution in [2.75, 3.05) is 12.3 Å². The van der Waals surface area contributed by atoms with Gasteiger partial charge in [-0.2, -0.15) is 0 Å². The molecule has 0 atom stereocenters. The molecule has 1 nitrogen and oxygen atoms in total. The van der Waals surface area contributed by atoms with E-state index in [0.717, 1.165) is 6.54 Å². The summed E-state index contributed by atoms with van der Waals surface area (Å²) in [6.45, 7) is 6.67. The number of hydrogen-bond donors (Lipinski definition) is 0. The molecule has 1 aromatic rings. The lowest BCUT2D eigenvalue weighted by atomic mass is 10.1. The average molecular weight is 220 g/mol. The molecule has 1 aromatic carbocycles. The maximum atomic E-state index is 2.51. The number of nitrogens with zero attached hydrogens (tertiary/aromatic N) is 1. The molecule has 1 heterocycles. The van der Waals surface area contributed by atoms with E-state index in [9.17, 15) is 0 Å². The number of benzene rings is 1. The Labute approximate surface area is 96.2 Å². The smallest absolute Gasteiger partial charge is 0.210 e. The van der Waals surface area contributed by atoms with E-state index in [1.54, 1.807) is 5.04 Å². The van der Waals surface area contributed by atoms with Gasteiger partial charge >= 0.3 is 0 Å². The second kappa shape index (κ2) is 4.84. The van der Waals surface area contributed by atoms with Gasteiger partial charge in [-0.05, 0) is 6.92 Å². The first-order valence-corrected chi connectivity index (χ1v) is 6.57. The van der Waals surface area contributed by atoms with Crippen LogP contribution in [-0.2, 0) is 6.54 Å². The van der Waals surface area contributed by atoms with E-state index in [2.05, 4.69) is 42.7 Å². The van der Waals surface area contributed by atoms with Crippen LogP contribution in [-0.4, -0.2) is 21.9 Å². The van der Waals surface area contributed by atoms with Crippen molar-refractivity contribution < 1.29 is 4.58 Å². The largest absolute Gasteiger partial charge is 0.223 e. The van der Waals surface area contributed by atoms with Gasteiger partial charge in [0.05, 0.1) is 5.75 Å². The van der Waals surface area contributed by atoms with Crippen LogP contribution in [0.4, 0.5) is 0 Å². The predicted molar refractivity (Wildman–Crippen MR) is 67.8 cm³/mol. The minimum absolute atomic E-state index is 1.08. The summed E-state index contributed by atoms with van der Waals surface area (Å²) in [6, 6.07) is 8.88. The zero-order valence-corrected chi connectivity index (χ0v) is 10.3. The van der Waals surface area contributed by atoms with Crippen molar-refractivity contribution in [2.24, 2.45) is 0 Å². The fraction of sp³-hybridized carbons (Fsp3) is 0.462. The molecule has 0 aromatic heterocycles. The third-order valence-corrected chi connectivity index (χ3v) is 4.05. The van der Waals surface area contributed by atoms with E-state index in [-0.39, 0.29) is 0 Å². The maximum Gasteiger partial charge on any atom is 0.210 e. The molecule has 0 bridgehead atoms. The fourth-order valence-electron chi connectivity index (χ4n) is 1.90. The van der Waals surface area contributed by atoms with Crippen molar-refractivity contribution in [3.05, 3.63) is 35.4 Å². The second-order valence-electron chi connectivity index (χ2n) is 4.00. The number of aryl methyl sites for hydroxylation is 1. The zero-order chi connectivity index (χ0) is 10.7. The summed E-state index contributed by atoms with van der Waals surface area (Å²) in [7, 11) is 0. The highest BCUT2D eigenvalue weighted by molar-refractivity contribution is 8.13. The minimum atomic E-state index is 1.08. The first-order chi connectivity index (χ1) is 7.29. The Morgan fingerprint density at radius 1 is 1.27 bits per heavy atom. The van der Waals surface area contributed by atoms with Crippen LogP contribution >= 0.6 is 11.8 Å². The summed E-state index contributed by atoms with van der Waals surface area (Å²) >= 11 is 2.02. The van der Waals surface area contributed by atoms with E-state index in [4.69, 9.17) is 0 Å². The minimum Gasteiger partial charge on any atom is -0.223 e. The molecular formula is C13H18NS+. The van der Waals surface area contributed by atoms with Gasteiger partial charge in [-0.25, -0.2) is 4.58 Å². The Hall–Kier alpha value is -0.760. The molecule has 0 aliphatic carbocycles. The standard InChI is InChI=1S/C13H18NS/c1-3-13-14(8-9-15-13)10-12-6-4-11(2)5-7-12/h4-7H,3,8-10H2,1-2H3/q+1. The first kappa shape index (κ1) is 10.7. The second-order valence-corrected chi connectivity index (χ2v) is 5.17. The highest BCUT2D eigenvalue weighted by Crippen LogP contribution is 2.16. The summed E-state index contributed by atoms with van der Waals surface area (Å²) in [5.74, 6) is 1.26. The van der Waals surface area contributed by atoms with Crippen molar-refractivity contribution >= 4 is 16.8 Å². The molecule has 0 radical (unpaired) electrons. The van der Waals surface area contributed by atoms with Gasteiger partial charge in [0.25, 0.3) is 0 Å². The molecule has 0 spiro atoms. The van der Waals surface area contributed by atoms with Gasteiger partial charge in [0.1, 0.15) is 0 Å². The molecule has 1 aliphatic rings. The molecule has 0 N–H and O–H groups in total. The van der Waals surface area contributed by atoms with Gasteiger partial charge in [0.2, 0.25) is 5.04 Å². The predicted octanol–water partition coefficient (Wildman–Crippen LogP) is 3.06. The van der Waals surface area contributed by atoms with E-state index in [0.29, 0.717) is 0 Å². The third kappa shape index (κ3) is 2.63. The Kier molecular flexibility index (Phi) is 3.47. The molecule has 2 rings (SSSR count). The molecule has 0 unspecified atom stereocenters. The van der Waals surface area contributed by atoms with Gasteiger partial charge in [-0.1, -0.05) is 48.5 Å². The molecule has 80 valence electrons. The average Bonchev–Trinajstić information content (AvgIpc) is 2.69. The Morgan fingerprint density at radius 2 is 2.00 bits per heavy atom. The van der Waals surface area contributed by atoms with Crippen LogP contribution in [0, 0.1) is 6.92 Å². The topological polar surface area (TPSA) is 3.01 Å². The normalized spacial score (nSPS) is 16.1. The molecule has 2 heteroatoms. The van der Waals surface area contributed by atoms with Crippen LogP contribution < -0.4 is 0 Å². The summed E-state index contributed by atoms with van der Waals surface area (Å²) in [5, 5.41) is 1.55. The van der Waals surface area contributed by atoms with Crippen LogP contribution in [0.15, 0.2) is 24.3 Å². The first-order valence-electron chi connectivity index (χ1n) is 5.58. The molecule has 0 amide bonds. The van der Waals surface area contributed by atoms with Crippen molar-refractivity contribution in [3.8, 4) is 0 Å². The quantitative estimate of drug-likeness (QED) is 0.708. The Balaban J connectivity index is 2.11. The SMILES string of the molecule is CCC1=[N+](Cc2ccc(C)cc2)CCS1. The molecule has 0 saturated heterocycles. The van der Waals surface area contributed by atoms with Crippen LogP contribution in [0.3, 0.4) is 0 Å². The van der Waals surface area contributed by atoms with E-state index in [1.165, 1.54) is 29.8 Å². The number of thioether (sulfide) groups is 1. The fourth-order valence-corrected chi connectivity index (χ4v) is 2.99. The summed E-state index contributed by atoms with van der Waals surface area (Å²) < 4.78 is 2.51. The van der Waals surface area contributed by atoms with Crippen molar-refractivity contribution in [1.29, 1.82) is 0 Å². The van der Waals surface area contributed by atoms with E-state index in [1.807, 2.05) is 11.8 Å². The lowest BCUT2D eigenvalue weighted by molar-refractivity contribution is -0.534. The van der Waals surface area contributed by atoms with Crippen molar-refractivity contribution in [3.63, 3.8) is 0 Å². The zero-order valence-electron chi connectivity index (χ0n) is 9.49. The van der Waals surface area contributed by atoms with Crippen LogP contribution in [0.2, 0.25) is 0 Å². The highest BCUT2D eigenvalue weighted by atomic mass is 32.2. The lowest BCUT2D eigenvalue weighted by Crippen LogP contribution is -2.14. The van der Waals surface area contributed by atoms with Gasteiger partial charge in [0.15, 0.2) is 13.1 Å². The Morgan fingerprint density at radius 3 is 2.67 bits per heavy atom. The third-order valence-electron chi connectivity index (χ3n) is 2.78. The van der Waals surface area contributed by atoms with Gasteiger partial charge in [-0.15, -0.1) is 0 Å². The van der Waals surface area contributed by atoms with Gasteiger partial charge < -0.3 is 0 Å². The molecule has 0 saturated carbocycles. The molecular weight excluding hydrogens is 202 g/mol. The van der Waals surface area contributed by atoms with E-state index < -0.39 is 0 Å².